The second-order valence-electron chi connectivity index (χ2n) is 6.88. The van der Waals surface area contributed by atoms with E-state index in [-0.39, 0.29) is 33.0 Å². The molecule has 32 heavy (non-hydrogen) atoms. The number of methoxy groups -OCH3 is 1. The molecule has 0 spiro atoms. The van der Waals surface area contributed by atoms with E-state index in [0.717, 1.165) is 11.0 Å². The van der Waals surface area contributed by atoms with Crippen LogP contribution in [0.4, 0.5) is 18.9 Å². The van der Waals surface area contributed by atoms with Crippen molar-refractivity contribution in [3.8, 4) is 16.9 Å². The summed E-state index contributed by atoms with van der Waals surface area (Å²) in [6.45, 7) is 0. The summed E-state index contributed by atoms with van der Waals surface area (Å²) in [5.41, 5.74) is 4.50. The molecule has 0 radical (unpaired) electrons. The van der Waals surface area contributed by atoms with Crippen molar-refractivity contribution in [2.45, 2.75) is 6.18 Å². The Labute approximate surface area is 187 Å². The van der Waals surface area contributed by atoms with Crippen molar-refractivity contribution in [1.82, 2.24) is 0 Å². The van der Waals surface area contributed by atoms with Gasteiger partial charge in [-0.05, 0) is 54.1 Å². The van der Waals surface area contributed by atoms with E-state index in [1.165, 1.54) is 56.6 Å². The van der Waals surface area contributed by atoms with Crippen molar-refractivity contribution in [3.05, 3.63) is 82.4 Å². The number of halogens is 4. The second kappa shape index (κ2) is 8.92. The molecule has 0 aliphatic rings. The lowest BCUT2D eigenvalue weighted by Crippen LogP contribution is -2.28. The zero-order valence-corrected chi connectivity index (χ0v) is 17.8. The fourth-order valence-electron chi connectivity index (χ4n) is 3.18. The van der Waals surface area contributed by atoms with E-state index >= 15 is 0 Å². The first kappa shape index (κ1) is 23.1. The summed E-state index contributed by atoms with van der Waals surface area (Å²) in [7, 11) is 2.68. The Kier molecular flexibility index (Phi) is 6.45. The maximum absolute atomic E-state index is 13.9. The van der Waals surface area contributed by atoms with Crippen LogP contribution in [0.5, 0.6) is 5.75 Å². The fraction of sp³-hybridized carbons (Fsp3) is 0.130. The van der Waals surface area contributed by atoms with E-state index in [0.29, 0.717) is 5.75 Å². The third-order valence-corrected chi connectivity index (χ3v) is 5.18. The molecule has 0 saturated heterocycles. The third-order valence-electron chi connectivity index (χ3n) is 4.85. The van der Waals surface area contributed by atoms with E-state index in [2.05, 4.69) is 0 Å². The van der Waals surface area contributed by atoms with Crippen molar-refractivity contribution < 1.29 is 27.5 Å². The van der Waals surface area contributed by atoms with E-state index in [1.807, 2.05) is 0 Å². The number of nitrogens with two attached hydrogens (primary N) is 1. The number of rotatable bonds is 5. The number of amides is 2. The summed E-state index contributed by atoms with van der Waals surface area (Å²) >= 11 is 6.15. The highest BCUT2D eigenvalue weighted by Crippen LogP contribution is 2.40. The Morgan fingerprint density at radius 3 is 2.34 bits per heavy atom. The van der Waals surface area contributed by atoms with Gasteiger partial charge in [0.15, 0.2) is 0 Å². The van der Waals surface area contributed by atoms with Crippen LogP contribution in [-0.4, -0.2) is 26.0 Å². The van der Waals surface area contributed by atoms with Crippen LogP contribution in [0.1, 0.15) is 26.3 Å². The summed E-state index contributed by atoms with van der Waals surface area (Å²) in [5, 5.41) is 0.150. The van der Waals surface area contributed by atoms with Gasteiger partial charge < -0.3 is 15.4 Å². The summed E-state index contributed by atoms with van der Waals surface area (Å²) < 4.78 is 46.9. The van der Waals surface area contributed by atoms with Crippen LogP contribution in [0, 0.1) is 0 Å². The molecule has 0 atom stereocenters. The molecule has 0 unspecified atom stereocenters. The average molecular weight is 463 g/mol. The quantitative estimate of drug-likeness (QED) is 0.551. The number of anilines is 1. The number of ether oxygens (including phenoxy) is 1. The lowest BCUT2D eigenvalue weighted by molar-refractivity contribution is -0.137. The van der Waals surface area contributed by atoms with Gasteiger partial charge >= 0.3 is 6.18 Å². The van der Waals surface area contributed by atoms with E-state index < -0.39 is 23.6 Å². The first-order chi connectivity index (χ1) is 15.0. The number of primary amides is 1. The van der Waals surface area contributed by atoms with Crippen LogP contribution in [0.25, 0.3) is 11.1 Å². The number of carbonyl (C=O) groups excluding carboxylic acids is 2. The molecule has 3 aromatic carbocycles. The molecule has 3 rings (SSSR count). The number of carbonyl (C=O) groups is 2. The molecule has 0 fully saturated rings. The highest BCUT2D eigenvalue weighted by atomic mass is 35.5. The van der Waals surface area contributed by atoms with Crippen LogP contribution in [0.3, 0.4) is 0 Å². The second-order valence-corrected chi connectivity index (χ2v) is 7.29. The Balaban J connectivity index is 2.09. The molecule has 5 nitrogen and oxygen atoms in total. The summed E-state index contributed by atoms with van der Waals surface area (Å²) in [6.07, 6.45) is -4.76. The van der Waals surface area contributed by atoms with Crippen molar-refractivity contribution >= 4 is 29.1 Å². The van der Waals surface area contributed by atoms with Crippen molar-refractivity contribution in [1.29, 1.82) is 0 Å². The molecule has 0 aliphatic heterocycles. The molecule has 2 amide bonds. The van der Waals surface area contributed by atoms with E-state index in [1.54, 1.807) is 12.1 Å². The summed E-state index contributed by atoms with van der Waals surface area (Å²) in [4.78, 5) is 25.2. The minimum atomic E-state index is -4.76. The van der Waals surface area contributed by atoms with Crippen LogP contribution in [0.15, 0.2) is 60.7 Å². The van der Waals surface area contributed by atoms with Gasteiger partial charge in [0.05, 0.1) is 18.4 Å². The molecule has 2 N–H and O–H groups in total. The van der Waals surface area contributed by atoms with Crippen LogP contribution in [-0.2, 0) is 6.18 Å². The van der Waals surface area contributed by atoms with Gasteiger partial charge in [-0.3, -0.25) is 9.59 Å². The van der Waals surface area contributed by atoms with E-state index in [4.69, 9.17) is 22.1 Å². The zero-order chi connectivity index (χ0) is 23.6. The molecular formula is C23H18ClF3N2O3. The lowest BCUT2D eigenvalue weighted by atomic mass is 9.99. The SMILES string of the molecule is COc1cccc(C(=O)N(C)c2ccc(-c3cc(C(N)=O)ccc3Cl)cc2C(F)(F)F)c1. The highest BCUT2D eigenvalue weighted by molar-refractivity contribution is 6.33. The molecular weight excluding hydrogens is 445 g/mol. The smallest absolute Gasteiger partial charge is 0.418 e. The first-order valence-corrected chi connectivity index (χ1v) is 9.64. The maximum Gasteiger partial charge on any atom is 0.418 e. The Bertz CT molecular complexity index is 1200. The standard InChI is InChI=1S/C23H18ClF3N2O3/c1-29(22(31)15-4-3-5-16(10-15)32-2)20-9-7-13(12-18(20)23(25,26)27)17-11-14(21(28)30)6-8-19(17)24/h3-12H,1-2H3,(H2,28,30). The molecule has 166 valence electrons. The van der Waals surface area contributed by atoms with Crippen LogP contribution < -0.4 is 15.4 Å². The average Bonchev–Trinajstić information content (AvgIpc) is 2.77. The lowest BCUT2D eigenvalue weighted by Gasteiger charge is -2.23. The fourth-order valence-corrected chi connectivity index (χ4v) is 3.41. The molecule has 0 aliphatic carbocycles. The van der Waals surface area contributed by atoms with Gasteiger partial charge in [0.2, 0.25) is 5.91 Å². The van der Waals surface area contributed by atoms with Gasteiger partial charge in [0.25, 0.3) is 5.91 Å². The van der Waals surface area contributed by atoms with Gasteiger partial charge in [-0.15, -0.1) is 0 Å². The van der Waals surface area contributed by atoms with Crippen LogP contribution >= 0.6 is 11.6 Å². The van der Waals surface area contributed by atoms with Gasteiger partial charge in [-0.1, -0.05) is 23.7 Å². The minimum absolute atomic E-state index is 0.104. The van der Waals surface area contributed by atoms with Crippen molar-refractivity contribution in [3.63, 3.8) is 0 Å². The largest absolute Gasteiger partial charge is 0.497 e. The molecule has 3 aromatic rings. The Morgan fingerprint density at radius 1 is 1.00 bits per heavy atom. The minimum Gasteiger partial charge on any atom is -0.497 e. The number of benzene rings is 3. The van der Waals surface area contributed by atoms with Gasteiger partial charge in [0.1, 0.15) is 5.75 Å². The third kappa shape index (κ3) is 4.70. The van der Waals surface area contributed by atoms with Crippen molar-refractivity contribution in [2.24, 2.45) is 5.73 Å². The monoisotopic (exact) mass is 462 g/mol. The number of hydrogen-bond donors (Lipinski definition) is 1. The Hall–Kier alpha value is -3.52. The first-order valence-electron chi connectivity index (χ1n) is 9.26. The normalized spacial score (nSPS) is 11.2. The van der Waals surface area contributed by atoms with Crippen LogP contribution in [0.2, 0.25) is 5.02 Å². The highest BCUT2D eigenvalue weighted by Gasteiger charge is 2.36. The molecule has 0 aromatic heterocycles. The Morgan fingerprint density at radius 2 is 1.72 bits per heavy atom. The maximum atomic E-state index is 13.9. The van der Waals surface area contributed by atoms with Crippen molar-refractivity contribution in [2.75, 3.05) is 19.1 Å². The van der Waals surface area contributed by atoms with Gasteiger partial charge in [0, 0.05) is 28.8 Å². The number of hydrogen-bond acceptors (Lipinski definition) is 3. The van der Waals surface area contributed by atoms with Gasteiger partial charge in [-0.2, -0.15) is 13.2 Å². The molecule has 0 heterocycles. The molecule has 9 heteroatoms. The number of nitrogens with zero attached hydrogens (tertiary/aromatic N) is 1. The molecule has 0 saturated carbocycles. The molecule has 0 bridgehead atoms. The number of alkyl halides is 3. The van der Waals surface area contributed by atoms with Gasteiger partial charge in [-0.25, -0.2) is 0 Å². The van der Waals surface area contributed by atoms with E-state index in [9.17, 15) is 22.8 Å². The zero-order valence-electron chi connectivity index (χ0n) is 17.0. The summed E-state index contributed by atoms with van der Waals surface area (Å²) in [5.74, 6) is -0.977. The predicted molar refractivity (Wildman–Crippen MR) is 116 cm³/mol. The summed E-state index contributed by atoms with van der Waals surface area (Å²) in [6, 6.07) is 13.7. The topological polar surface area (TPSA) is 72.6 Å². The predicted octanol–water partition coefficient (Wildman–Crippen LogP) is 5.41.